The Kier molecular flexibility index (Phi) is 6.97. The number of carbonyl (C=O) groups is 1. The summed E-state index contributed by atoms with van der Waals surface area (Å²) in [7, 11) is 0. The van der Waals surface area contributed by atoms with Gasteiger partial charge < -0.3 is 19.1 Å². The van der Waals surface area contributed by atoms with Gasteiger partial charge in [-0.05, 0) is 39.0 Å². The lowest BCUT2D eigenvalue weighted by molar-refractivity contribution is -0.133. The summed E-state index contributed by atoms with van der Waals surface area (Å²) >= 11 is 0. The number of hydrogen-bond donors (Lipinski definition) is 0. The summed E-state index contributed by atoms with van der Waals surface area (Å²) in [5.41, 5.74) is 2.95. The summed E-state index contributed by atoms with van der Waals surface area (Å²) in [6.07, 6.45) is 5.59. The van der Waals surface area contributed by atoms with E-state index < -0.39 is 0 Å². The molecule has 2 saturated heterocycles. The molecular weight excluding hydrogens is 416 g/mol. The summed E-state index contributed by atoms with van der Waals surface area (Å²) in [5, 5.41) is 4.54. The molecule has 0 N–H and O–H groups in total. The number of morpholine rings is 1. The summed E-state index contributed by atoms with van der Waals surface area (Å²) in [4.78, 5) is 20.1. The Labute approximate surface area is 196 Å². The van der Waals surface area contributed by atoms with Crippen LogP contribution in [-0.4, -0.2) is 72.8 Å². The lowest BCUT2D eigenvalue weighted by atomic mass is 10.0. The number of rotatable bonds is 8. The first-order valence-corrected chi connectivity index (χ1v) is 12.6. The fraction of sp³-hybridized carbons (Fsp3) is 0.615. The monoisotopic (exact) mass is 452 g/mol. The van der Waals surface area contributed by atoms with Crippen LogP contribution in [-0.2, 0) is 16.1 Å². The second-order valence-electron chi connectivity index (χ2n) is 9.71. The maximum absolute atomic E-state index is 13.3. The van der Waals surface area contributed by atoms with E-state index in [0.29, 0.717) is 12.6 Å². The summed E-state index contributed by atoms with van der Waals surface area (Å²) in [5.74, 6) is 1.31. The van der Waals surface area contributed by atoms with E-state index in [1.54, 1.807) is 0 Å². The van der Waals surface area contributed by atoms with Gasteiger partial charge in [-0.2, -0.15) is 0 Å². The number of carbonyl (C=O) groups excluding carboxylic acids is 1. The van der Waals surface area contributed by atoms with E-state index >= 15 is 0 Å². The molecule has 1 saturated carbocycles. The second-order valence-corrected chi connectivity index (χ2v) is 9.71. The number of aromatic nitrogens is 1. The number of benzene rings is 1. The van der Waals surface area contributed by atoms with Crippen molar-refractivity contribution in [3.05, 3.63) is 35.9 Å². The van der Waals surface area contributed by atoms with Gasteiger partial charge in [-0.3, -0.25) is 9.69 Å². The van der Waals surface area contributed by atoms with Crippen molar-refractivity contribution in [2.75, 3.05) is 50.8 Å². The van der Waals surface area contributed by atoms with Gasteiger partial charge in [0.25, 0.3) is 0 Å². The highest BCUT2D eigenvalue weighted by atomic mass is 16.5. The Morgan fingerprint density at radius 1 is 1.09 bits per heavy atom. The minimum absolute atomic E-state index is 0.187. The fourth-order valence-electron chi connectivity index (χ4n) is 5.02. The third kappa shape index (κ3) is 5.25. The van der Waals surface area contributed by atoms with Gasteiger partial charge in [-0.25, -0.2) is 0 Å². The molecule has 0 spiro atoms. The number of amides is 1. The molecule has 3 heterocycles. The number of piperidine rings is 1. The van der Waals surface area contributed by atoms with Gasteiger partial charge in [0.2, 0.25) is 11.8 Å². The van der Waals surface area contributed by atoms with Gasteiger partial charge in [-0.1, -0.05) is 35.5 Å². The first-order valence-electron chi connectivity index (χ1n) is 12.6. The van der Waals surface area contributed by atoms with Crippen LogP contribution in [0, 0.1) is 5.92 Å². The van der Waals surface area contributed by atoms with Gasteiger partial charge in [-0.15, -0.1) is 0 Å². The normalized spacial score (nSPS) is 21.8. The molecule has 33 heavy (non-hydrogen) atoms. The lowest BCUT2D eigenvalue weighted by Gasteiger charge is -2.34. The van der Waals surface area contributed by atoms with Gasteiger partial charge in [0, 0.05) is 50.2 Å². The molecular formula is C26H36N4O3. The minimum atomic E-state index is 0.187. The van der Waals surface area contributed by atoms with Gasteiger partial charge >= 0.3 is 0 Å². The van der Waals surface area contributed by atoms with Crippen molar-refractivity contribution in [3.63, 3.8) is 0 Å². The minimum Gasteiger partial charge on any atom is -0.379 e. The molecule has 1 amide bonds. The first-order chi connectivity index (χ1) is 16.2. The molecule has 0 radical (unpaired) electrons. The third-order valence-electron chi connectivity index (χ3n) is 7.26. The van der Waals surface area contributed by atoms with Crippen LogP contribution in [0.15, 0.2) is 34.9 Å². The van der Waals surface area contributed by atoms with Crippen molar-refractivity contribution in [1.82, 2.24) is 15.0 Å². The maximum Gasteiger partial charge on any atom is 0.233 e. The Bertz CT molecular complexity index is 921. The van der Waals surface area contributed by atoms with E-state index in [9.17, 15) is 4.79 Å². The maximum atomic E-state index is 13.3. The van der Waals surface area contributed by atoms with E-state index in [4.69, 9.17) is 9.26 Å². The van der Waals surface area contributed by atoms with Crippen molar-refractivity contribution in [2.24, 2.45) is 5.92 Å². The van der Waals surface area contributed by atoms with Crippen LogP contribution in [0.2, 0.25) is 0 Å². The van der Waals surface area contributed by atoms with E-state index in [1.807, 2.05) is 18.2 Å². The zero-order valence-electron chi connectivity index (χ0n) is 19.7. The molecule has 2 aromatic rings. The van der Waals surface area contributed by atoms with Gasteiger partial charge in [0.15, 0.2) is 0 Å². The highest BCUT2D eigenvalue weighted by Crippen LogP contribution is 2.37. The molecule has 1 aromatic carbocycles. The molecule has 3 aliphatic rings. The summed E-state index contributed by atoms with van der Waals surface area (Å²) < 4.78 is 11.5. The topological polar surface area (TPSA) is 62.1 Å². The van der Waals surface area contributed by atoms with E-state index in [1.165, 1.54) is 6.42 Å². The van der Waals surface area contributed by atoms with Crippen LogP contribution >= 0.6 is 0 Å². The molecule has 1 aromatic heterocycles. The summed E-state index contributed by atoms with van der Waals surface area (Å²) in [6, 6.07) is 10.6. The predicted octanol–water partition coefficient (Wildman–Crippen LogP) is 3.79. The quantitative estimate of drug-likeness (QED) is 0.607. The van der Waals surface area contributed by atoms with Crippen LogP contribution in [0.1, 0.15) is 44.6 Å². The molecule has 2 aliphatic heterocycles. The first kappa shape index (κ1) is 22.4. The van der Waals surface area contributed by atoms with Crippen molar-refractivity contribution >= 4 is 11.8 Å². The molecule has 178 valence electrons. The van der Waals surface area contributed by atoms with Crippen molar-refractivity contribution in [1.29, 1.82) is 0 Å². The second kappa shape index (κ2) is 10.3. The van der Waals surface area contributed by atoms with E-state index in [2.05, 4.69) is 38.9 Å². The average molecular weight is 453 g/mol. The van der Waals surface area contributed by atoms with Crippen LogP contribution in [0.3, 0.4) is 0 Å². The average Bonchev–Trinajstić information content (AvgIpc) is 3.63. The SMILES string of the molecule is C[C@@H]1CCCCN1c1onc(-c2ccccc2)c1CN(CCN1CCOCC1)C(=O)C1CC1. The Morgan fingerprint density at radius 3 is 2.61 bits per heavy atom. The molecule has 7 nitrogen and oxygen atoms in total. The van der Waals surface area contributed by atoms with Crippen molar-refractivity contribution in [2.45, 2.75) is 51.6 Å². The van der Waals surface area contributed by atoms with Crippen molar-refractivity contribution in [3.8, 4) is 11.3 Å². The smallest absolute Gasteiger partial charge is 0.233 e. The zero-order chi connectivity index (χ0) is 22.6. The lowest BCUT2D eigenvalue weighted by Crippen LogP contribution is -2.43. The number of ether oxygens (including phenoxy) is 1. The van der Waals surface area contributed by atoms with Crippen LogP contribution < -0.4 is 4.90 Å². The molecule has 1 aliphatic carbocycles. The third-order valence-corrected chi connectivity index (χ3v) is 7.26. The van der Waals surface area contributed by atoms with Crippen LogP contribution in [0.25, 0.3) is 11.3 Å². The molecule has 3 fully saturated rings. The van der Waals surface area contributed by atoms with Gasteiger partial charge in [0.1, 0.15) is 5.69 Å². The molecule has 5 rings (SSSR count). The molecule has 7 heteroatoms. The predicted molar refractivity (Wildman–Crippen MR) is 128 cm³/mol. The Balaban J connectivity index is 1.43. The fourth-order valence-corrected chi connectivity index (χ4v) is 5.02. The highest BCUT2D eigenvalue weighted by molar-refractivity contribution is 5.81. The number of hydrogen-bond acceptors (Lipinski definition) is 6. The Morgan fingerprint density at radius 2 is 1.88 bits per heavy atom. The van der Waals surface area contributed by atoms with Crippen molar-refractivity contribution < 1.29 is 14.1 Å². The highest BCUT2D eigenvalue weighted by Gasteiger charge is 2.36. The standard InChI is InChI=1S/C26H36N4O3/c1-20-7-5-6-12-30(20)26-23(24(27-33-26)21-8-3-2-4-9-21)19-29(25(31)22-10-11-22)14-13-28-15-17-32-18-16-28/h2-4,8-9,20,22H,5-7,10-19H2,1H3/t20-/m1/s1. The molecule has 0 bridgehead atoms. The van der Waals surface area contributed by atoms with Crippen LogP contribution in [0.4, 0.5) is 5.88 Å². The van der Waals surface area contributed by atoms with E-state index in [-0.39, 0.29) is 11.8 Å². The zero-order valence-corrected chi connectivity index (χ0v) is 19.7. The molecule has 0 unspecified atom stereocenters. The van der Waals surface area contributed by atoms with Crippen LogP contribution in [0.5, 0.6) is 0 Å². The number of nitrogens with zero attached hydrogens (tertiary/aromatic N) is 4. The van der Waals surface area contributed by atoms with Gasteiger partial charge in [0.05, 0.1) is 25.3 Å². The molecule has 1 atom stereocenters. The largest absolute Gasteiger partial charge is 0.379 e. The number of anilines is 1. The van der Waals surface area contributed by atoms with E-state index in [0.717, 1.165) is 94.3 Å². The summed E-state index contributed by atoms with van der Waals surface area (Å²) in [6.45, 7) is 8.81. The Hall–Kier alpha value is -2.38.